The summed E-state index contributed by atoms with van der Waals surface area (Å²) in [6, 6.07) is 9.11. The fraction of sp³-hybridized carbons (Fsp3) is 0.333. The predicted molar refractivity (Wildman–Crippen MR) is 127 cm³/mol. The summed E-state index contributed by atoms with van der Waals surface area (Å²) in [5.41, 5.74) is 1.37. The van der Waals surface area contributed by atoms with Crippen molar-refractivity contribution in [1.29, 1.82) is 5.26 Å². The summed E-state index contributed by atoms with van der Waals surface area (Å²) in [6.45, 7) is 4.28. The fourth-order valence-electron chi connectivity index (χ4n) is 3.41. The van der Waals surface area contributed by atoms with E-state index in [0.717, 1.165) is 11.9 Å². The first kappa shape index (κ1) is 25.1. The molecule has 1 aromatic heterocycles. The summed E-state index contributed by atoms with van der Waals surface area (Å²) < 4.78 is 32.3. The van der Waals surface area contributed by atoms with Crippen molar-refractivity contribution in [3.63, 3.8) is 0 Å². The van der Waals surface area contributed by atoms with Gasteiger partial charge in [-0.25, -0.2) is 13.8 Å². The van der Waals surface area contributed by atoms with Crippen LogP contribution in [0.4, 0.5) is 14.5 Å². The molecule has 1 heterocycles. The van der Waals surface area contributed by atoms with E-state index >= 15 is 0 Å². The topological polar surface area (TPSA) is 104 Å². The molecule has 34 heavy (non-hydrogen) atoms. The number of aromatic nitrogens is 1. The van der Waals surface area contributed by atoms with Crippen LogP contribution in [0.5, 0.6) is 5.75 Å². The van der Waals surface area contributed by atoms with Gasteiger partial charge in [-0.1, -0.05) is 0 Å². The molecule has 1 atom stereocenters. The molecule has 0 bridgehead atoms. The molecule has 178 valence electrons. The fourth-order valence-corrected chi connectivity index (χ4v) is 4.37. The van der Waals surface area contributed by atoms with Gasteiger partial charge in [-0.3, -0.25) is 9.59 Å². The molecule has 1 unspecified atom stereocenters. The van der Waals surface area contributed by atoms with Gasteiger partial charge in [0.2, 0.25) is 5.92 Å². The number of halogens is 2. The SMILES string of the molecule is COc1ccc2nc(C)sc2c1C(=O)Nc1cc(C#N)ccc1C(=O)NC(C)CCC(C)(F)F. The number of thiazole rings is 1. The standard InChI is InChI=1S/C24H24F2N4O3S/c1-13(9-10-24(3,25)26)28-22(31)16-6-5-15(12-27)11-18(16)30-23(32)20-19(33-4)8-7-17-21(20)34-14(2)29-17/h5-8,11,13H,9-10H2,1-4H3,(H,28,31)(H,30,32). The zero-order valence-corrected chi connectivity index (χ0v) is 20.0. The number of methoxy groups -OCH3 is 1. The van der Waals surface area contributed by atoms with Crippen molar-refractivity contribution < 1.29 is 23.1 Å². The van der Waals surface area contributed by atoms with E-state index in [2.05, 4.69) is 15.6 Å². The van der Waals surface area contributed by atoms with E-state index in [1.807, 2.05) is 13.0 Å². The number of hydrogen-bond acceptors (Lipinski definition) is 6. The van der Waals surface area contributed by atoms with Crippen LogP contribution in [0.25, 0.3) is 10.2 Å². The first-order valence-electron chi connectivity index (χ1n) is 10.5. The van der Waals surface area contributed by atoms with Crippen LogP contribution in [0.15, 0.2) is 30.3 Å². The van der Waals surface area contributed by atoms with Crippen molar-refractivity contribution in [1.82, 2.24) is 10.3 Å². The number of anilines is 1. The smallest absolute Gasteiger partial charge is 0.260 e. The molecule has 0 radical (unpaired) electrons. The van der Waals surface area contributed by atoms with Gasteiger partial charge in [-0.2, -0.15) is 5.26 Å². The summed E-state index contributed by atoms with van der Waals surface area (Å²) >= 11 is 1.34. The number of alkyl halides is 2. The Morgan fingerprint density at radius 3 is 2.65 bits per heavy atom. The second kappa shape index (κ2) is 10.1. The van der Waals surface area contributed by atoms with E-state index in [9.17, 15) is 23.6 Å². The highest BCUT2D eigenvalue weighted by Gasteiger charge is 2.24. The third kappa shape index (κ3) is 5.85. The molecule has 0 aliphatic heterocycles. The summed E-state index contributed by atoms with van der Waals surface area (Å²) in [5.74, 6) is -3.58. The maximum Gasteiger partial charge on any atom is 0.260 e. The second-order valence-corrected chi connectivity index (χ2v) is 9.24. The number of carbonyl (C=O) groups is 2. The monoisotopic (exact) mass is 486 g/mol. The number of nitrogens with one attached hydrogen (secondary N) is 2. The highest BCUT2D eigenvalue weighted by Crippen LogP contribution is 2.33. The van der Waals surface area contributed by atoms with Crippen molar-refractivity contribution >= 4 is 39.1 Å². The molecule has 0 fully saturated rings. The van der Waals surface area contributed by atoms with Crippen molar-refractivity contribution in [2.24, 2.45) is 0 Å². The Hall–Kier alpha value is -3.58. The zero-order valence-electron chi connectivity index (χ0n) is 19.2. The molecular weight excluding hydrogens is 462 g/mol. The lowest BCUT2D eigenvalue weighted by Gasteiger charge is -2.18. The van der Waals surface area contributed by atoms with Crippen LogP contribution in [0, 0.1) is 18.3 Å². The number of benzene rings is 2. The highest BCUT2D eigenvalue weighted by molar-refractivity contribution is 7.19. The Morgan fingerprint density at radius 1 is 1.26 bits per heavy atom. The van der Waals surface area contributed by atoms with E-state index in [1.54, 1.807) is 19.1 Å². The Kier molecular flexibility index (Phi) is 7.47. The van der Waals surface area contributed by atoms with Gasteiger partial charge in [0.15, 0.2) is 0 Å². The van der Waals surface area contributed by atoms with Crippen molar-refractivity contribution in [2.45, 2.75) is 45.6 Å². The van der Waals surface area contributed by atoms with E-state index in [4.69, 9.17) is 4.74 Å². The Balaban J connectivity index is 1.92. The molecule has 0 aliphatic rings. The Morgan fingerprint density at radius 2 is 2.00 bits per heavy atom. The second-order valence-electron chi connectivity index (χ2n) is 8.03. The van der Waals surface area contributed by atoms with Gasteiger partial charge in [-0.05, 0) is 57.5 Å². The van der Waals surface area contributed by atoms with Crippen LogP contribution in [0.3, 0.4) is 0 Å². The molecule has 2 amide bonds. The number of amides is 2. The number of aryl methyl sites for hydroxylation is 1. The van der Waals surface area contributed by atoms with Crippen LogP contribution < -0.4 is 15.4 Å². The van der Waals surface area contributed by atoms with Crippen molar-refractivity contribution in [3.8, 4) is 11.8 Å². The van der Waals surface area contributed by atoms with Crippen LogP contribution in [0.2, 0.25) is 0 Å². The molecule has 0 aliphatic carbocycles. The molecule has 0 spiro atoms. The van der Waals surface area contributed by atoms with Gasteiger partial charge in [-0.15, -0.1) is 11.3 Å². The van der Waals surface area contributed by atoms with Gasteiger partial charge in [0, 0.05) is 12.5 Å². The molecular formula is C24H24F2N4O3S. The minimum Gasteiger partial charge on any atom is -0.496 e. The largest absolute Gasteiger partial charge is 0.496 e. The van der Waals surface area contributed by atoms with Gasteiger partial charge < -0.3 is 15.4 Å². The lowest BCUT2D eigenvalue weighted by atomic mass is 10.1. The van der Waals surface area contributed by atoms with Crippen LogP contribution in [-0.4, -0.2) is 35.9 Å². The first-order valence-corrected chi connectivity index (χ1v) is 11.3. The third-order valence-electron chi connectivity index (χ3n) is 5.11. The van der Waals surface area contributed by atoms with E-state index in [-0.39, 0.29) is 35.2 Å². The van der Waals surface area contributed by atoms with E-state index in [0.29, 0.717) is 16.0 Å². The number of nitrogens with zero attached hydrogens (tertiary/aromatic N) is 2. The van der Waals surface area contributed by atoms with Gasteiger partial charge in [0.25, 0.3) is 11.8 Å². The minimum absolute atomic E-state index is 0.0805. The molecule has 2 N–H and O–H groups in total. The number of ether oxygens (including phenoxy) is 1. The summed E-state index contributed by atoms with van der Waals surface area (Å²) in [6.07, 6.45) is -0.291. The number of fused-ring (bicyclic) bond motifs is 1. The van der Waals surface area contributed by atoms with Crippen LogP contribution in [0.1, 0.15) is 58.0 Å². The molecule has 7 nitrogen and oxygen atoms in total. The maximum absolute atomic E-state index is 13.3. The maximum atomic E-state index is 13.3. The molecule has 3 rings (SSSR count). The van der Waals surface area contributed by atoms with Crippen molar-refractivity contribution in [2.75, 3.05) is 12.4 Å². The molecule has 2 aromatic carbocycles. The molecule has 0 saturated heterocycles. The Labute approximate surface area is 199 Å². The van der Waals surface area contributed by atoms with Gasteiger partial charge in [0.1, 0.15) is 11.3 Å². The number of rotatable bonds is 8. The Bertz CT molecular complexity index is 1280. The van der Waals surface area contributed by atoms with E-state index < -0.39 is 23.8 Å². The van der Waals surface area contributed by atoms with Crippen molar-refractivity contribution in [3.05, 3.63) is 52.0 Å². The van der Waals surface area contributed by atoms with Crippen LogP contribution in [-0.2, 0) is 0 Å². The van der Waals surface area contributed by atoms with Crippen LogP contribution >= 0.6 is 11.3 Å². The van der Waals surface area contributed by atoms with E-state index in [1.165, 1.54) is 36.6 Å². The average molecular weight is 487 g/mol. The summed E-state index contributed by atoms with van der Waals surface area (Å²) in [5, 5.41) is 15.5. The molecule has 3 aromatic rings. The lowest BCUT2D eigenvalue weighted by molar-refractivity contribution is 0.00867. The summed E-state index contributed by atoms with van der Waals surface area (Å²) in [7, 11) is 1.45. The normalized spacial score (nSPS) is 12.1. The lowest BCUT2D eigenvalue weighted by Crippen LogP contribution is -2.34. The summed E-state index contributed by atoms with van der Waals surface area (Å²) in [4.78, 5) is 30.6. The predicted octanol–water partition coefficient (Wildman–Crippen LogP) is 5.29. The quantitative estimate of drug-likeness (QED) is 0.450. The highest BCUT2D eigenvalue weighted by atomic mass is 32.1. The molecule has 0 saturated carbocycles. The average Bonchev–Trinajstić information content (AvgIpc) is 3.16. The third-order valence-corrected chi connectivity index (χ3v) is 6.11. The first-order chi connectivity index (χ1) is 16.0. The number of hydrogen-bond donors (Lipinski definition) is 2. The van der Waals surface area contributed by atoms with Gasteiger partial charge >= 0.3 is 0 Å². The van der Waals surface area contributed by atoms with Gasteiger partial charge in [0.05, 0.1) is 45.2 Å². The number of carbonyl (C=O) groups excluding carboxylic acids is 2. The minimum atomic E-state index is -2.83. The molecule has 10 heteroatoms. The number of nitriles is 1. The zero-order chi connectivity index (χ0) is 25.0.